The van der Waals surface area contributed by atoms with Crippen molar-refractivity contribution in [1.29, 1.82) is 0 Å². The molecule has 112 valence electrons. The van der Waals surface area contributed by atoms with Gasteiger partial charge in [-0.25, -0.2) is 0 Å². The van der Waals surface area contributed by atoms with E-state index in [2.05, 4.69) is 55.3 Å². The minimum absolute atomic E-state index is 0.249. The summed E-state index contributed by atoms with van der Waals surface area (Å²) in [6.07, 6.45) is 1.46. The topological polar surface area (TPSA) is 24.5 Å². The molecule has 3 heteroatoms. The average molecular weight is 276 g/mol. The predicted molar refractivity (Wildman–Crippen MR) is 85.2 cm³/mol. The van der Waals surface area contributed by atoms with Crippen molar-refractivity contribution in [1.82, 2.24) is 5.32 Å². The lowest BCUT2D eigenvalue weighted by molar-refractivity contribution is 0.122. The van der Waals surface area contributed by atoms with Gasteiger partial charge in [0, 0.05) is 38.5 Å². The van der Waals surface area contributed by atoms with Gasteiger partial charge in [-0.15, -0.1) is 0 Å². The molecule has 0 fully saturated rings. The molecule has 1 aliphatic rings. The van der Waals surface area contributed by atoms with Crippen LogP contribution in [0.15, 0.2) is 24.3 Å². The molecule has 0 spiro atoms. The quantitative estimate of drug-likeness (QED) is 0.894. The maximum atomic E-state index is 5.47. The Morgan fingerprint density at radius 3 is 2.80 bits per heavy atom. The number of nitrogens with zero attached hydrogens (tertiary/aromatic N) is 1. The largest absolute Gasteiger partial charge is 0.380 e. The second-order valence-corrected chi connectivity index (χ2v) is 5.95. The van der Waals surface area contributed by atoms with Crippen LogP contribution in [0, 0.1) is 5.92 Å². The fourth-order valence-electron chi connectivity index (χ4n) is 2.83. The molecule has 0 amide bonds. The van der Waals surface area contributed by atoms with Crippen LogP contribution in [-0.2, 0) is 11.3 Å². The molecule has 0 saturated heterocycles. The average Bonchev–Trinajstić information content (AvgIpc) is 2.66. The summed E-state index contributed by atoms with van der Waals surface area (Å²) in [6.45, 7) is 9.71. The molecular weight excluding hydrogens is 248 g/mol. The molecule has 1 aromatic rings. The Kier molecular flexibility index (Phi) is 5.44. The number of para-hydroxylation sites is 1. The van der Waals surface area contributed by atoms with E-state index in [0.29, 0.717) is 12.0 Å². The first kappa shape index (κ1) is 15.3. The van der Waals surface area contributed by atoms with Gasteiger partial charge in [-0.1, -0.05) is 38.5 Å². The predicted octanol–water partition coefficient (Wildman–Crippen LogP) is 3.05. The SMILES string of the molecule is CCC(C)C1CN(CC(C)OC)c2ccccc2CN1. The van der Waals surface area contributed by atoms with Crippen molar-refractivity contribution in [3.8, 4) is 0 Å². The zero-order valence-electron chi connectivity index (χ0n) is 13.2. The van der Waals surface area contributed by atoms with Gasteiger partial charge in [0.25, 0.3) is 0 Å². The Balaban J connectivity index is 2.22. The van der Waals surface area contributed by atoms with Gasteiger partial charge in [-0.3, -0.25) is 0 Å². The van der Waals surface area contributed by atoms with Gasteiger partial charge < -0.3 is 15.0 Å². The highest BCUT2D eigenvalue weighted by atomic mass is 16.5. The number of hydrogen-bond acceptors (Lipinski definition) is 3. The third-order valence-electron chi connectivity index (χ3n) is 4.51. The lowest BCUT2D eigenvalue weighted by Crippen LogP contribution is -2.44. The Hall–Kier alpha value is -1.06. The maximum Gasteiger partial charge on any atom is 0.0718 e. The van der Waals surface area contributed by atoms with Gasteiger partial charge in [0.05, 0.1) is 6.10 Å². The van der Waals surface area contributed by atoms with Gasteiger partial charge in [-0.2, -0.15) is 0 Å². The van der Waals surface area contributed by atoms with Crippen LogP contribution in [-0.4, -0.2) is 32.3 Å². The zero-order chi connectivity index (χ0) is 14.5. The lowest BCUT2D eigenvalue weighted by atomic mass is 9.99. The number of nitrogens with one attached hydrogen (secondary N) is 1. The molecule has 0 radical (unpaired) electrons. The third-order valence-corrected chi connectivity index (χ3v) is 4.51. The highest BCUT2D eigenvalue weighted by molar-refractivity contribution is 5.54. The number of hydrogen-bond donors (Lipinski definition) is 1. The summed E-state index contributed by atoms with van der Waals surface area (Å²) in [4.78, 5) is 2.49. The van der Waals surface area contributed by atoms with E-state index < -0.39 is 0 Å². The first-order valence-electron chi connectivity index (χ1n) is 7.74. The minimum atomic E-state index is 0.249. The van der Waals surface area contributed by atoms with Gasteiger partial charge >= 0.3 is 0 Å². The summed E-state index contributed by atoms with van der Waals surface area (Å²) < 4.78 is 5.47. The van der Waals surface area contributed by atoms with Gasteiger partial charge in [0.15, 0.2) is 0 Å². The lowest BCUT2D eigenvalue weighted by Gasteiger charge is -2.31. The molecular formula is C17H28N2O. The fourth-order valence-corrected chi connectivity index (χ4v) is 2.83. The molecule has 3 nitrogen and oxygen atoms in total. The Labute approximate surface area is 123 Å². The standard InChI is InChI=1S/C17H28N2O/c1-5-13(2)16-12-19(11-14(3)20-4)17-9-7-6-8-15(17)10-18-16/h6-9,13-14,16,18H,5,10-12H2,1-4H3. The third kappa shape index (κ3) is 3.53. The van der Waals surface area contributed by atoms with Gasteiger partial charge in [0.2, 0.25) is 0 Å². The van der Waals surface area contributed by atoms with Crippen molar-refractivity contribution in [3.05, 3.63) is 29.8 Å². The van der Waals surface area contributed by atoms with E-state index in [1.165, 1.54) is 17.7 Å². The highest BCUT2D eigenvalue weighted by Crippen LogP contribution is 2.25. The van der Waals surface area contributed by atoms with E-state index in [0.717, 1.165) is 19.6 Å². The number of benzene rings is 1. The second kappa shape index (κ2) is 7.09. The van der Waals surface area contributed by atoms with Crippen molar-refractivity contribution in [3.63, 3.8) is 0 Å². The first-order chi connectivity index (χ1) is 9.65. The van der Waals surface area contributed by atoms with Crippen LogP contribution in [0.25, 0.3) is 0 Å². The van der Waals surface area contributed by atoms with Crippen molar-refractivity contribution in [2.45, 2.75) is 45.9 Å². The molecule has 1 aliphatic heterocycles. The van der Waals surface area contributed by atoms with Crippen molar-refractivity contribution < 1.29 is 4.74 Å². The number of anilines is 1. The molecule has 0 bridgehead atoms. The molecule has 3 unspecified atom stereocenters. The summed E-state index contributed by atoms with van der Waals surface area (Å²) in [5.41, 5.74) is 2.75. The van der Waals surface area contributed by atoms with Crippen LogP contribution in [0.4, 0.5) is 5.69 Å². The molecule has 3 atom stereocenters. The van der Waals surface area contributed by atoms with E-state index in [9.17, 15) is 0 Å². The van der Waals surface area contributed by atoms with E-state index in [1.54, 1.807) is 7.11 Å². The molecule has 0 aromatic heterocycles. The number of ether oxygens (including phenoxy) is 1. The van der Waals surface area contributed by atoms with Crippen LogP contribution >= 0.6 is 0 Å². The monoisotopic (exact) mass is 276 g/mol. The van der Waals surface area contributed by atoms with Crippen LogP contribution in [0.3, 0.4) is 0 Å². The van der Waals surface area contributed by atoms with E-state index in [1.807, 2.05) is 0 Å². The zero-order valence-corrected chi connectivity index (χ0v) is 13.2. The second-order valence-electron chi connectivity index (χ2n) is 5.95. The number of fused-ring (bicyclic) bond motifs is 1. The highest BCUT2D eigenvalue weighted by Gasteiger charge is 2.25. The summed E-state index contributed by atoms with van der Waals surface area (Å²) in [5.74, 6) is 0.685. The Morgan fingerprint density at radius 1 is 1.35 bits per heavy atom. The van der Waals surface area contributed by atoms with Gasteiger partial charge in [0.1, 0.15) is 0 Å². The van der Waals surface area contributed by atoms with E-state index >= 15 is 0 Å². The summed E-state index contributed by atoms with van der Waals surface area (Å²) in [7, 11) is 1.79. The minimum Gasteiger partial charge on any atom is -0.380 e. The van der Waals surface area contributed by atoms with Crippen LogP contribution in [0.2, 0.25) is 0 Å². The molecule has 20 heavy (non-hydrogen) atoms. The smallest absolute Gasteiger partial charge is 0.0718 e. The maximum absolute atomic E-state index is 5.47. The van der Waals surface area contributed by atoms with E-state index in [-0.39, 0.29) is 6.10 Å². The van der Waals surface area contributed by atoms with Crippen molar-refractivity contribution in [2.24, 2.45) is 5.92 Å². The Bertz CT molecular complexity index is 421. The summed E-state index contributed by atoms with van der Waals surface area (Å²) >= 11 is 0. The van der Waals surface area contributed by atoms with E-state index in [4.69, 9.17) is 4.74 Å². The Morgan fingerprint density at radius 2 is 2.10 bits per heavy atom. The molecule has 1 heterocycles. The number of methoxy groups -OCH3 is 1. The molecule has 0 aliphatic carbocycles. The van der Waals surface area contributed by atoms with Gasteiger partial charge in [-0.05, 0) is 24.5 Å². The summed E-state index contributed by atoms with van der Waals surface area (Å²) in [6, 6.07) is 9.26. The van der Waals surface area contributed by atoms with Crippen LogP contribution in [0.5, 0.6) is 0 Å². The molecule has 2 rings (SSSR count). The van der Waals surface area contributed by atoms with Crippen LogP contribution < -0.4 is 10.2 Å². The van der Waals surface area contributed by atoms with Crippen molar-refractivity contribution in [2.75, 3.05) is 25.1 Å². The fraction of sp³-hybridized carbons (Fsp3) is 0.647. The molecule has 1 N–H and O–H groups in total. The normalized spacial score (nSPS) is 22.0. The number of rotatable bonds is 5. The van der Waals surface area contributed by atoms with Crippen molar-refractivity contribution >= 4 is 5.69 Å². The first-order valence-corrected chi connectivity index (χ1v) is 7.74. The van der Waals surface area contributed by atoms with Crippen LogP contribution in [0.1, 0.15) is 32.8 Å². The molecule has 1 aromatic carbocycles. The summed E-state index contributed by atoms with van der Waals surface area (Å²) in [5, 5.41) is 3.73. The molecule has 0 saturated carbocycles.